The molecule has 0 fully saturated rings. The minimum Gasteiger partial charge on any atom is -0.462 e. The molecule has 2 atom stereocenters. The Labute approximate surface area is 310 Å². The zero-order chi connectivity index (χ0) is 37.8. The number of phosphoric ester groups is 1. The van der Waals surface area contributed by atoms with Crippen molar-refractivity contribution in [1.29, 1.82) is 0 Å². The van der Waals surface area contributed by atoms with Gasteiger partial charge in [0.2, 0.25) is 0 Å². The third-order valence-electron chi connectivity index (χ3n) is 8.44. The second-order valence-electron chi connectivity index (χ2n) is 13.9. The van der Waals surface area contributed by atoms with Gasteiger partial charge in [-0.1, -0.05) is 146 Å². The van der Waals surface area contributed by atoms with Gasteiger partial charge in [0.25, 0.3) is 0 Å². The van der Waals surface area contributed by atoms with Gasteiger partial charge in [-0.15, -0.1) is 0 Å². The molecule has 0 heterocycles. The molecule has 0 aromatic rings. The molecule has 0 saturated carbocycles. The molecule has 0 spiro atoms. The monoisotopic (exact) mass is 740 g/mol. The lowest BCUT2D eigenvalue weighted by atomic mass is 10.0. The lowest BCUT2D eigenvalue weighted by molar-refractivity contribution is -0.161. The second kappa shape index (κ2) is 35.0. The predicted octanol–water partition coefficient (Wildman–Crippen LogP) is 10.8. The number of hydrogen-bond donors (Lipinski definition) is 3. The highest BCUT2D eigenvalue weighted by Gasteiger charge is 2.22. The van der Waals surface area contributed by atoms with Crippen LogP contribution >= 0.6 is 7.82 Å². The number of allylic oxidation sites excluding steroid dienone is 8. The SMILES string of the molecule is CC[C@H](O)CC/C=C\C/C=C\C/C=C\C/C=C\CCCC(=O)OC[C@H](COP(=O)(O)O)OC(=O)CCCCCCCCCCCCCCC(C)C. The molecule has 0 aromatic carbocycles. The minimum absolute atomic E-state index is 0.178. The van der Waals surface area contributed by atoms with Gasteiger partial charge in [-0.25, -0.2) is 4.57 Å². The van der Waals surface area contributed by atoms with Gasteiger partial charge in [-0.2, -0.15) is 0 Å². The Hall–Kier alpha value is -2.03. The number of aliphatic hydroxyl groups excluding tert-OH is 1. The number of hydrogen-bond acceptors (Lipinski definition) is 7. The van der Waals surface area contributed by atoms with Gasteiger partial charge in [0.1, 0.15) is 6.61 Å². The molecular formula is C41H73O9P. The molecular weight excluding hydrogens is 667 g/mol. The average molecular weight is 741 g/mol. The van der Waals surface area contributed by atoms with E-state index in [1.54, 1.807) is 0 Å². The number of carbonyl (C=O) groups excluding carboxylic acids is 2. The highest BCUT2D eigenvalue weighted by Crippen LogP contribution is 2.36. The van der Waals surface area contributed by atoms with Crippen molar-refractivity contribution in [3.05, 3.63) is 48.6 Å². The molecule has 0 saturated heterocycles. The average Bonchev–Trinajstić information content (AvgIpc) is 3.08. The van der Waals surface area contributed by atoms with Crippen LogP contribution in [0.3, 0.4) is 0 Å². The lowest BCUT2D eigenvalue weighted by Crippen LogP contribution is -2.29. The summed E-state index contributed by atoms with van der Waals surface area (Å²) in [7, 11) is -4.77. The van der Waals surface area contributed by atoms with Crippen molar-refractivity contribution >= 4 is 19.8 Å². The number of aliphatic hydroxyl groups is 1. The predicted molar refractivity (Wildman–Crippen MR) is 208 cm³/mol. The summed E-state index contributed by atoms with van der Waals surface area (Å²) in [5, 5.41) is 9.53. The Balaban J connectivity index is 4.05. The van der Waals surface area contributed by atoms with Crippen molar-refractivity contribution < 1.29 is 43.0 Å². The normalized spacial score (nSPS) is 13.7. The Morgan fingerprint density at radius 2 is 1.08 bits per heavy atom. The van der Waals surface area contributed by atoms with Crippen LogP contribution in [0.4, 0.5) is 0 Å². The summed E-state index contributed by atoms with van der Waals surface area (Å²) in [4.78, 5) is 42.7. The number of carbonyl (C=O) groups is 2. The van der Waals surface area contributed by atoms with E-state index in [1.165, 1.54) is 57.8 Å². The highest BCUT2D eigenvalue weighted by molar-refractivity contribution is 7.46. The van der Waals surface area contributed by atoms with Gasteiger partial charge in [-0.3, -0.25) is 14.1 Å². The third kappa shape index (κ3) is 39.0. The molecule has 0 unspecified atom stereocenters. The molecule has 3 N–H and O–H groups in total. The molecule has 51 heavy (non-hydrogen) atoms. The van der Waals surface area contributed by atoms with Crippen molar-refractivity contribution in [2.24, 2.45) is 5.92 Å². The molecule has 0 aliphatic rings. The molecule has 0 aliphatic carbocycles. The van der Waals surface area contributed by atoms with E-state index in [-0.39, 0.29) is 25.6 Å². The summed E-state index contributed by atoms with van der Waals surface area (Å²) in [6, 6.07) is 0. The molecule has 0 aliphatic heterocycles. The van der Waals surface area contributed by atoms with Crippen LogP contribution in [0.25, 0.3) is 0 Å². The van der Waals surface area contributed by atoms with E-state index in [2.05, 4.69) is 54.8 Å². The van der Waals surface area contributed by atoms with Crippen LogP contribution in [0.1, 0.15) is 168 Å². The first-order valence-corrected chi connectivity index (χ1v) is 21.4. The van der Waals surface area contributed by atoms with E-state index in [0.29, 0.717) is 19.3 Å². The first-order valence-electron chi connectivity index (χ1n) is 19.9. The molecule has 0 radical (unpaired) electrons. The maximum absolute atomic E-state index is 12.4. The highest BCUT2D eigenvalue weighted by atomic mass is 31.2. The number of rotatable bonds is 35. The van der Waals surface area contributed by atoms with Gasteiger partial charge >= 0.3 is 19.8 Å². The van der Waals surface area contributed by atoms with Gasteiger partial charge in [0, 0.05) is 12.8 Å². The van der Waals surface area contributed by atoms with E-state index >= 15 is 0 Å². The van der Waals surface area contributed by atoms with Crippen LogP contribution in [-0.4, -0.2) is 52.3 Å². The van der Waals surface area contributed by atoms with E-state index < -0.39 is 32.5 Å². The van der Waals surface area contributed by atoms with Gasteiger partial charge < -0.3 is 24.4 Å². The molecule has 0 aromatic heterocycles. The maximum atomic E-state index is 12.4. The quantitative estimate of drug-likeness (QED) is 0.0251. The Morgan fingerprint density at radius 1 is 0.608 bits per heavy atom. The standard InChI is InChI=1S/C41H73O9P/c1-4-38(42)32-28-24-20-16-12-7-5-6-8-13-17-21-25-29-33-40(43)48-35-39(36-49-51(45,46)47)50-41(44)34-30-26-22-18-14-10-9-11-15-19-23-27-31-37(2)3/h6-8,12,17,20-21,24,37-39,42H,4-5,9-11,13-16,18-19,22-23,25-36H2,1-3H3,(H2,45,46,47)/b8-6-,12-7-,21-17-,24-20-/t38-,39+/m0/s1. The largest absolute Gasteiger partial charge is 0.469 e. The smallest absolute Gasteiger partial charge is 0.462 e. The molecule has 296 valence electrons. The number of ether oxygens (including phenoxy) is 2. The van der Waals surface area contributed by atoms with E-state index in [1.807, 2.05) is 19.1 Å². The van der Waals surface area contributed by atoms with Crippen molar-refractivity contribution in [2.45, 2.75) is 181 Å². The van der Waals surface area contributed by atoms with E-state index in [4.69, 9.17) is 19.3 Å². The molecule has 9 nitrogen and oxygen atoms in total. The minimum atomic E-state index is -4.77. The zero-order valence-electron chi connectivity index (χ0n) is 32.3. The topological polar surface area (TPSA) is 140 Å². The molecule has 0 bridgehead atoms. The van der Waals surface area contributed by atoms with Crippen LogP contribution < -0.4 is 0 Å². The number of esters is 2. The Kier molecular flexibility index (Phi) is 33.6. The van der Waals surface area contributed by atoms with Crippen LogP contribution in [0, 0.1) is 5.92 Å². The van der Waals surface area contributed by atoms with Crippen molar-refractivity contribution in [2.75, 3.05) is 13.2 Å². The number of phosphoric acid groups is 1. The lowest BCUT2D eigenvalue weighted by Gasteiger charge is -2.18. The maximum Gasteiger partial charge on any atom is 0.469 e. The summed E-state index contributed by atoms with van der Waals surface area (Å²) < 4.78 is 26.3. The third-order valence-corrected chi connectivity index (χ3v) is 8.93. The molecule has 10 heteroatoms. The summed E-state index contributed by atoms with van der Waals surface area (Å²) in [5.74, 6) is -0.159. The van der Waals surface area contributed by atoms with Gasteiger partial charge in [-0.05, 0) is 63.7 Å². The Bertz CT molecular complexity index is 999. The Morgan fingerprint density at radius 3 is 1.59 bits per heavy atom. The summed E-state index contributed by atoms with van der Waals surface area (Å²) >= 11 is 0. The van der Waals surface area contributed by atoms with Gasteiger partial charge in [0.05, 0.1) is 12.7 Å². The molecule has 0 amide bonds. The number of unbranched alkanes of at least 4 members (excludes halogenated alkanes) is 12. The van der Waals surface area contributed by atoms with Crippen molar-refractivity contribution in [3.8, 4) is 0 Å². The fourth-order valence-corrected chi connectivity index (χ4v) is 5.66. The first kappa shape index (κ1) is 49.0. The second-order valence-corrected chi connectivity index (χ2v) is 15.1. The fourth-order valence-electron chi connectivity index (χ4n) is 5.29. The van der Waals surface area contributed by atoms with Crippen LogP contribution in [0.2, 0.25) is 0 Å². The zero-order valence-corrected chi connectivity index (χ0v) is 33.2. The van der Waals surface area contributed by atoms with Gasteiger partial charge in [0.15, 0.2) is 6.10 Å². The van der Waals surface area contributed by atoms with Crippen molar-refractivity contribution in [3.63, 3.8) is 0 Å². The van der Waals surface area contributed by atoms with E-state index in [0.717, 1.165) is 63.7 Å². The first-order chi connectivity index (χ1) is 24.5. The van der Waals surface area contributed by atoms with Crippen LogP contribution in [0.15, 0.2) is 48.6 Å². The molecule has 0 rings (SSSR count). The summed E-state index contributed by atoms with van der Waals surface area (Å²) in [6.45, 7) is 5.67. The van der Waals surface area contributed by atoms with Crippen LogP contribution in [-0.2, 0) is 28.2 Å². The van der Waals surface area contributed by atoms with E-state index in [9.17, 15) is 19.3 Å². The van der Waals surface area contributed by atoms with Crippen molar-refractivity contribution in [1.82, 2.24) is 0 Å². The van der Waals surface area contributed by atoms with Crippen LogP contribution in [0.5, 0.6) is 0 Å². The fraction of sp³-hybridized carbons (Fsp3) is 0.756. The summed E-state index contributed by atoms with van der Waals surface area (Å²) in [6.07, 6.45) is 37.8. The summed E-state index contributed by atoms with van der Waals surface area (Å²) in [5.41, 5.74) is 0.